The van der Waals surface area contributed by atoms with E-state index in [0.29, 0.717) is 5.92 Å². The highest BCUT2D eigenvalue weighted by Crippen LogP contribution is 2.22. The molecule has 1 unspecified atom stereocenters. The summed E-state index contributed by atoms with van der Waals surface area (Å²) >= 11 is 1.62. The van der Waals surface area contributed by atoms with Crippen molar-refractivity contribution in [1.82, 2.24) is 10.2 Å². The van der Waals surface area contributed by atoms with Crippen LogP contribution < -0.4 is 4.90 Å². The first-order chi connectivity index (χ1) is 8.83. The van der Waals surface area contributed by atoms with E-state index in [2.05, 4.69) is 21.2 Å². The lowest BCUT2D eigenvalue weighted by molar-refractivity contribution is 0.104. The van der Waals surface area contributed by atoms with Crippen LogP contribution in [-0.2, 0) is 4.74 Å². The van der Waals surface area contributed by atoms with Crippen molar-refractivity contribution in [3.63, 3.8) is 0 Å². The van der Waals surface area contributed by atoms with Crippen LogP contribution in [0.2, 0.25) is 0 Å². The lowest BCUT2D eigenvalue weighted by atomic mass is 9.99. The topological polar surface area (TPSA) is 38.2 Å². The minimum Gasteiger partial charge on any atom is -0.381 e. The Hall–Kier alpha value is -0.810. The van der Waals surface area contributed by atoms with E-state index in [1.165, 1.54) is 12.8 Å². The molecule has 1 saturated heterocycles. The molecule has 5 heteroatoms. The van der Waals surface area contributed by atoms with Gasteiger partial charge < -0.3 is 9.64 Å². The first-order valence-electron chi connectivity index (χ1n) is 6.54. The van der Waals surface area contributed by atoms with Crippen LogP contribution in [0.3, 0.4) is 0 Å². The van der Waals surface area contributed by atoms with Crippen LogP contribution in [-0.4, -0.2) is 42.8 Å². The van der Waals surface area contributed by atoms with E-state index in [9.17, 15) is 0 Å². The zero-order valence-electron chi connectivity index (χ0n) is 11.1. The summed E-state index contributed by atoms with van der Waals surface area (Å²) in [6.07, 6.45) is 4.49. The molecule has 2 rings (SSSR count). The number of aromatic nitrogens is 2. The number of anilines is 1. The van der Waals surface area contributed by atoms with Gasteiger partial charge in [-0.2, -0.15) is 0 Å². The maximum absolute atomic E-state index is 5.53. The Morgan fingerprint density at radius 2 is 2.33 bits per heavy atom. The second kappa shape index (κ2) is 6.95. The van der Waals surface area contributed by atoms with Crippen molar-refractivity contribution >= 4 is 17.6 Å². The van der Waals surface area contributed by atoms with Gasteiger partial charge in [-0.1, -0.05) is 0 Å². The van der Waals surface area contributed by atoms with Crippen molar-refractivity contribution in [2.75, 3.05) is 37.5 Å². The van der Waals surface area contributed by atoms with Crippen molar-refractivity contribution in [1.29, 1.82) is 0 Å². The zero-order chi connectivity index (χ0) is 12.8. The van der Waals surface area contributed by atoms with Gasteiger partial charge in [0.25, 0.3) is 0 Å². The molecule has 2 heterocycles. The molecule has 0 radical (unpaired) electrons. The molecule has 1 fully saturated rings. The maximum atomic E-state index is 5.53. The molecule has 100 valence electrons. The van der Waals surface area contributed by atoms with E-state index in [4.69, 9.17) is 4.74 Å². The van der Waals surface area contributed by atoms with Crippen LogP contribution in [0.5, 0.6) is 0 Å². The van der Waals surface area contributed by atoms with Gasteiger partial charge in [-0.05, 0) is 44.1 Å². The molecule has 18 heavy (non-hydrogen) atoms. The average Bonchev–Trinajstić information content (AvgIpc) is 2.45. The zero-order valence-corrected chi connectivity index (χ0v) is 11.9. The van der Waals surface area contributed by atoms with E-state index in [0.717, 1.165) is 37.1 Å². The van der Waals surface area contributed by atoms with Gasteiger partial charge in [0, 0.05) is 19.7 Å². The van der Waals surface area contributed by atoms with Gasteiger partial charge >= 0.3 is 0 Å². The summed E-state index contributed by atoms with van der Waals surface area (Å²) in [6, 6.07) is 4.11. The third kappa shape index (κ3) is 3.59. The first-order valence-corrected chi connectivity index (χ1v) is 7.76. The second-order valence-electron chi connectivity index (χ2n) is 4.55. The third-order valence-electron chi connectivity index (χ3n) is 3.24. The quantitative estimate of drug-likeness (QED) is 0.766. The van der Waals surface area contributed by atoms with Crippen LogP contribution in [0.25, 0.3) is 0 Å². The molecule has 0 aromatic carbocycles. The highest BCUT2D eigenvalue weighted by molar-refractivity contribution is 7.98. The van der Waals surface area contributed by atoms with Crippen molar-refractivity contribution in [2.24, 2.45) is 5.92 Å². The molecule has 0 amide bonds. The van der Waals surface area contributed by atoms with Crippen molar-refractivity contribution in [3.8, 4) is 0 Å². The molecule has 0 spiro atoms. The summed E-state index contributed by atoms with van der Waals surface area (Å²) in [4.78, 5) is 2.32. The van der Waals surface area contributed by atoms with E-state index < -0.39 is 0 Å². The number of hydrogen-bond acceptors (Lipinski definition) is 5. The summed E-state index contributed by atoms with van der Waals surface area (Å²) in [6.45, 7) is 5.83. The molecule has 0 aliphatic carbocycles. The summed E-state index contributed by atoms with van der Waals surface area (Å²) < 4.78 is 5.53. The summed E-state index contributed by atoms with van der Waals surface area (Å²) in [5.41, 5.74) is 0. The predicted octanol–water partition coefficient (Wildman–Crippen LogP) is 2.45. The molecule has 1 aliphatic heterocycles. The van der Waals surface area contributed by atoms with Crippen LogP contribution >= 0.6 is 11.8 Å². The molecule has 1 atom stereocenters. The van der Waals surface area contributed by atoms with Gasteiger partial charge in [-0.3, -0.25) is 0 Å². The fourth-order valence-electron chi connectivity index (χ4n) is 2.28. The Bertz CT molecular complexity index is 358. The molecule has 0 bridgehead atoms. The molecule has 0 N–H and O–H groups in total. The van der Waals surface area contributed by atoms with Gasteiger partial charge in [0.15, 0.2) is 5.82 Å². The Morgan fingerprint density at radius 3 is 3.00 bits per heavy atom. The number of piperidine rings is 1. The summed E-state index contributed by atoms with van der Waals surface area (Å²) in [5, 5.41) is 9.48. The number of nitrogens with zero attached hydrogens (tertiary/aromatic N) is 3. The highest BCUT2D eigenvalue weighted by atomic mass is 32.2. The lowest BCUT2D eigenvalue weighted by Gasteiger charge is -2.33. The second-order valence-corrected chi connectivity index (χ2v) is 5.37. The van der Waals surface area contributed by atoms with Crippen LogP contribution in [0.1, 0.15) is 19.8 Å². The minimum atomic E-state index is 0.626. The fraction of sp³-hybridized carbons (Fsp3) is 0.692. The van der Waals surface area contributed by atoms with Gasteiger partial charge in [-0.15, -0.1) is 22.0 Å². The smallest absolute Gasteiger partial charge is 0.151 e. The van der Waals surface area contributed by atoms with Crippen molar-refractivity contribution < 1.29 is 4.74 Å². The van der Waals surface area contributed by atoms with E-state index in [1.54, 1.807) is 11.8 Å². The largest absolute Gasteiger partial charge is 0.381 e. The monoisotopic (exact) mass is 267 g/mol. The standard InChI is InChI=1S/C13H21N3OS/c1-3-17-10-11-5-4-8-16(9-11)12-6-7-13(18-2)15-14-12/h6-7,11H,3-5,8-10H2,1-2H3. The average molecular weight is 267 g/mol. The molecule has 4 nitrogen and oxygen atoms in total. The Balaban J connectivity index is 1.94. The number of rotatable bonds is 5. The van der Waals surface area contributed by atoms with Gasteiger partial charge in [-0.25, -0.2) is 0 Å². The summed E-state index contributed by atoms with van der Waals surface area (Å²) in [5.74, 6) is 1.62. The Kier molecular flexibility index (Phi) is 5.26. The highest BCUT2D eigenvalue weighted by Gasteiger charge is 2.21. The lowest BCUT2D eigenvalue weighted by Crippen LogP contribution is -2.37. The third-order valence-corrected chi connectivity index (χ3v) is 3.87. The van der Waals surface area contributed by atoms with Gasteiger partial charge in [0.05, 0.1) is 6.61 Å². The number of hydrogen-bond donors (Lipinski definition) is 0. The fourth-order valence-corrected chi connectivity index (χ4v) is 2.61. The molecular weight excluding hydrogens is 246 g/mol. The van der Waals surface area contributed by atoms with Crippen molar-refractivity contribution in [2.45, 2.75) is 24.8 Å². The Morgan fingerprint density at radius 1 is 1.44 bits per heavy atom. The van der Waals surface area contributed by atoms with Gasteiger partial charge in [0.2, 0.25) is 0 Å². The number of thioether (sulfide) groups is 1. The van der Waals surface area contributed by atoms with E-state index in [-0.39, 0.29) is 0 Å². The molecule has 1 aromatic rings. The van der Waals surface area contributed by atoms with Crippen molar-refractivity contribution in [3.05, 3.63) is 12.1 Å². The normalized spacial score (nSPS) is 20.1. The molecule has 1 aromatic heterocycles. The predicted molar refractivity (Wildman–Crippen MR) is 75.2 cm³/mol. The first kappa shape index (κ1) is 13.6. The van der Waals surface area contributed by atoms with Gasteiger partial charge in [0.1, 0.15) is 5.03 Å². The van der Waals surface area contributed by atoms with Crippen LogP contribution in [0.4, 0.5) is 5.82 Å². The van der Waals surface area contributed by atoms with Crippen LogP contribution in [0.15, 0.2) is 17.2 Å². The minimum absolute atomic E-state index is 0.626. The molecule has 1 aliphatic rings. The summed E-state index contributed by atoms with van der Waals surface area (Å²) in [7, 11) is 0. The molecule has 0 saturated carbocycles. The molecular formula is C13H21N3OS. The Labute approximate surface area is 113 Å². The van der Waals surface area contributed by atoms with E-state index >= 15 is 0 Å². The maximum Gasteiger partial charge on any atom is 0.151 e. The number of ether oxygens (including phenoxy) is 1. The van der Waals surface area contributed by atoms with Crippen LogP contribution in [0, 0.1) is 5.92 Å². The van der Waals surface area contributed by atoms with E-state index in [1.807, 2.05) is 19.2 Å². The SMILES string of the molecule is CCOCC1CCCN(c2ccc(SC)nn2)C1.